The van der Waals surface area contributed by atoms with Crippen LogP contribution >= 0.6 is 22.9 Å². The van der Waals surface area contributed by atoms with Gasteiger partial charge in [-0.2, -0.15) is 0 Å². The van der Waals surface area contributed by atoms with E-state index in [9.17, 15) is 18.0 Å². The van der Waals surface area contributed by atoms with Gasteiger partial charge in [-0.05, 0) is 17.7 Å². The Balaban J connectivity index is 2.20. The Kier molecular flexibility index (Phi) is 6.36. The van der Waals surface area contributed by atoms with Crippen LogP contribution in [0.2, 0.25) is 5.02 Å². The van der Waals surface area contributed by atoms with Crippen LogP contribution in [0.3, 0.4) is 0 Å². The van der Waals surface area contributed by atoms with E-state index in [0.29, 0.717) is 5.56 Å². The first-order valence-corrected chi connectivity index (χ1v) is 9.89. The number of carbonyl (C=O) groups excluding carboxylic acids is 1. The molecule has 13 heteroatoms. The van der Waals surface area contributed by atoms with Crippen LogP contribution in [-0.4, -0.2) is 42.8 Å². The fraction of sp³-hybridized carbons (Fsp3) is 0.143. The summed E-state index contributed by atoms with van der Waals surface area (Å²) in [6, 6.07) is 3.79. The van der Waals surface area contributed by atoms with Gasteiger partial charge in [0.05, 0.1) is 10.4 Å². The molecule has 1 aromatic heterocycles. The fourth-order valence-corrected chi connectivity index (χ4v) is 4.27. The molecule has 2 rings (SSSR count). The molecule has 0 unspecified atom stereocenters. The van der Waals surface area contributed by atoms with E-state index in [4.69, 9.17) is 28.2 Å². The van der Waals surface area contributed by atoms with Crippen LogP contribution in [-0.2, 0) is 21.2 Å². The number of ketones is 1. The van der Waals surface area contributed by atoms with Crippen LogP contribution in [0, 0.1) is 0 Å². The number of hydrogen-bond donors (Lipinski definition) is 4. The molecule has 1 aromatic carbocycles. The van der Waals surface area contributed by atoms with E-state index in [1.54, 1.807) is 0 Å². The number of halogens is 1. The molecule has 144 valence electrons. The molecule has 0 aliphatic heterocycles. The van der Waals surface area contributed by atoms with Crippen LogP contribution in [0.4, 0.5) is 5.00 Å². The van der Waals surface area contributed by atoms with Crippen molar-refractivity contribution in [2.24, 2.45) is 16.5 Å². The zero-order chi connectivity index (χ0) is 20.2. The first-order chi connectivity index (χ1) is 12.6. The normalized spacial score (nSPS) is 11.0. The molecule has 0 aliphatic carbocycles. The first-order valence-electron chi connectivity index (χ1n) is 7.15. The summed E-state index contributed by atoms with van der Waals surface area (Å²) in [5.74, 6) is -1.89. The number of sulfonamides is 1. The molecule has 0 spiro atoms. The Hall–Kier alpha value is -2.70. The molecule has 1 heterocycles. The number of carboxylic acid groups (broad SMARTS) is 1. The van der Waals surface area contributed by atoms with Crippen LogP contribution in [0.25, 0.3) is 0 Å². The number of benzene rings is 1. The summed E-state index contributed by atoms with van der Waals surface area (Å²) in [5, 5.41) is 8.92. The molecule has 0 saturated heterocycles. The highest BCUT2D eigenvalue weighted by atomic mass is 35.5. The van der Waals surface area contributed by atoms with Gasteiger partial charge in [-0.3, -0.25) is 9.52 Å². The molecule has 0 fully saturated rings. The number of aromatic nitrogens is 1. The number of aliphatic imine (C=N–C) groups is 1. The van der Waals surface area contributed by atoms with E-state index in [1.165, 1.54) is 17.6 Å². The van der Waals surface area contributed by atoms with Gasteiger partial charge in [0.1, 0.15) is 11.5 Å². The van der Waals surface area contributed by atoms with Crippen LogP contribution < -0.4 is 16.2 Å². The van der Waals surface area contributed by atoms with Crippen molar-refractivity contribution in [1.82, 2.24) is 4.98 Å². The molecule has 27 heavy (non-hydrogen) atoms. The predicted molar refractivity (Wildman–Crippen MR) is 101 cm³/mol. The number of nitrogens with zero attached hydrogens (tertiary/aromatic N) is 2. The highest BCUT2D eigenvalue weighted by Crippen LogP contribution is 2.26. The SMILES string of the molecule is NC(N)=NCC(=O)Cc1ccc(S(=O)(=O)Nc2scnc2C(=O)O)cc1Cl. The summed E-state index contributed by atoms with van der Waals surface area (Å²) in [4.78, 5) is 29.8. The van der Waals surface area contributed by atoms with Crippen molar-refractivity contribution in [3.8, 4) is 0 Å². The molecule has 0 radical (unpaired) electrons. The van der Waals surface area contributed by atoms with Gasteiger partial charge in [0.2, 0.25) is 0 Å². The van der Waals surface area contributed by atoms with Crippen LogP contribution in [0.5, 0.6) is 0 Å². The first kappa shape index (κ1) is 20.6. The average molecular weight is 432 g/mol. The molecule has 6 N–H and O–H groups in total. The third-order valence-corrected chi connectivity index (χ3v) is 5.73. The topological polar surface area (TPSA) is 178 Å². The molecular weight excluding hydrogens is 418 g/mol. The van der Waals surface area contributed by atoms with Gasteiger partial charge in [-0.1, -0.05) is 17.7 Å². The minimum atomic E-state index is -4.10. The molecule has 0 amide bonds. The van der Waals surface area contributed by atoms with Gasteiger partial charge in [0.15, 0.2) is 17.4 Å². The lowest BCUT2D eigenvalue weighted by atomic mass is 10.1. The highest BCUT2D eigenvalue weighted by Gasteiger charge is 2.22. The number of nitrogens with one attached hydrogen (secondary N) is 1. The van der Waals surface area contributed by atoms with Crippen molar-refractivity contribution in [3.05, 3.63) is 40.0 Å². The van der Waals surface area contributed by atoms with Gasteiger partial charge in [-0.15, -0.1) is 11.3 Å². The Morgan fingerprint density at radius 2 is 2.04 bits per heavy atom. The summed E-state index contributed by atoms with van der Waals surface area (Å²) in [6.07, 6.45) is -0.0820. The maximum atomic E-state index is 12.4. The molecule has 0 aliphatic rings. The minimum Gasteiger partial charge on any atom is -0.476 e. The second kappa shape index (κ2) is 8.33. The van der Waals surface area contributed by atoms with Gasteiger partial charge in [0.25, 0.3) is 10.0 Å². The van der Waals surface area contributed by atoms with Crippen molar-refractivity contribution in [2.45, 2.75) is 11.3 Å². The molecular formula is C14H14ClN5O5S2. The third kappa shape index (κ3) is 5.39. The summed E-state index contributed by atoms with van der Waals surface area (Å²) in [6.45, 7) is -0.219. The van der Waals surface area contributed by atoms with Crippen molar-refractivity contribution in [3.63, 3.8) is 0 Å². The smallest absolute Gasteiger partial charge is 0.357 e. The van der Waals surface area contributed by atoms with Crippen LogP contribution in [0.15, 0.2) is 33.6 Å². The van der Waals surface area contributed by atoms with Crippen molar-refractivity contribution in [1.29, 1.82) is 0 Å². The number of nitrogens with two attached hydrogens (primary N) is 2. The van der Waals surface area contributed by atoms with Crippen LogP contribution in [0.1, 0.15) is 16.1 Å². The standard InChI is InChI=1S/C14H14ClN5O5S2/c15-10-4-9(2-1-7(10)3-8(21)5-18-14(16)17)27(24,25)20-12-11(13(22)23)19-6-26-12/h1-2,4,6,20H,3,5H2,(H,22,23)(H4,16,17,18). The molecule has 0 bridgehead atoms. The van der Waals surface area contributed by atoms with E-state index in [-0.39, 0.29) is 39.6 Å². The maximum Gasteiger partial charge on any atom is 0.357 e. The number of Topliss-reactive ketones (excluding diaryl/α,β-unsaturated/α-hetero) is 1. The summed E-state index contributed by atoms with van der Waals surface area (Å²) in [5.41, 5.74) is 11.5. The van der Waals surface area contributed by atoms with Crippen molar-refractivity contribution < 1.29 is 23.1 Å². The minimum absolute atomic E-state index is 0.0543. The fourth-order valence-electron chi connectivity index (χ4n) is 1.94. The Bertz CT molecular complexity index is 1010. The lowest BCUT2D eigenvalue weighted by Gasteiger charge is -2.09. The number of rotatable bonds is 8. The van der Waals surface area contributed by atoms with E-state index in [1.807, 2.05) is 0 Å². The van der Waals surface area contributed by atoms with E-state index in [2.05, 4.69) is 14.7 Å². The second-order valence-electron chi connectivity index (χ2n) is 5.15. The monoisotopic (exact) mass is 431 g/mol. The van der Waals surface area contributed by atoms with Gasteiger partial charge in [-0.25, -0.2) is 23.2 Å². The zero-order valence-corrected chi connectivity index (χ0v) is 15.9. The van der Waals surface area contributed by atoms with Crippen molar-refractivity contribution in [2.75, 3.05) is 11.3 Å². The third-order valence-electron chi connectivity index (χ3n) is 3.16. The average Bonchev–Trinajstić information content (AvgIpc) is 3.02. The Labute approximate surface area is 162 Å². The van der Waals surface area contributed by atoms with E-state index >= 15 is 0 Å². The number of carboxylic acids is 1. The van der Waals surface area contributed by atoms with Gasteiger partial charge in [0, 0.05) is 11.4 Å². The van der Waals surface area contributed by atoms with Crippen molar-refractivity contribution >= 4 is 55.7 Å². The summed E-state index contributed by atoms with van der Waals surface area (Å²) < 4.78 is 27.0. The second-order valence-corrected chi connectivity index (χ2v) is 8.09. The summed E-state index contributed by atoms with van der Waals surface area (Å²) >= 11 is 6.90. The van der Waals surface area contributed by atoms with Gasteiger partial charge >= 0.3 is 5.97 Å². The Morgan fingerprint density at radius 3 is 2.63 bits per heavy atom. The number of thiazole rings is 1. The molecule has 10 nitrogen and oxygen atoms in total. The quantitative estimate of drug-likeness (QED) is 0.348. The number of guanidine groups is 1. The number of hydrogen-bond acceptors (Lipinski definition) is 7. The largest absolute Gasteiger partial charge is 0.476 e. The lowest BCUT2D eigenvalue weighted by Crippen LogP contribution is -2.24. The maximum absolute atomic E-state index is 12.4. The van der Waals surface area contributed by atoms with E-state index < -0.39 is 21.7 Å². The zero-order valence-electron chi connectivity index (χ0n) is 13.5. The summed E-state index contributed by atoms with van der Waals surface area (Å²) in [7, 11) is -4.10. The number of carbonyl (C=O) groups is 2. The van der Waals surface area contributed by atoms with Gasteiger partial charge < -0.3 is 16.6 Å². The molecule has 0 saturated carbocycles. The highest BCUT2D eigenvalue weighted by molar-refractivity contribution is 7.93. The predicted octanol–water partition coefficient (Wildman–Crippen LogP) is 0.681. The number of aromatic carboxylic acids is 1. The lowest BCUT2D eigenvalue weighted by molar-refractivity contribution is -0.117. The number of anilines is 1. The molecule has 2 aromatic rings. The molecule has 0 atom stereocenters. The Morgan fingerprint density at radius 1 is 1.33 bits per heavy atom. The van der Waals surface area contributed by atoms with E-state index in [0.717, 1.165) is 17.4 Å².